The van der Waals surface area contributed by atoms with Gasteiger partial charge in [0, 0.05) is 13.5 Å². The van der Waals surface area contributed by atoms with E-state index < -0.39 is 0 Å². The Morgan fingerprint density at radius 2 is 1.93 bits per heavy atom. The Morgan fingerprint density at radius 3 is 2.29 bits per heavy atom. The maximum atomic E-state index is 11.9. The molecule has 2 heteroatoms. The maximum Gasteiger partial charge on any atom is 0.162 e. The molecule has 1 atom stereocenters. The molecule has 1 rings (SSSR count). The van der Waals surface area contributed by atoms with Crippen molar-refractivity contribution >= 4 is 5.78 Å². The van der Waals surface area contributed by atoms with Gasteiger partial charge in [-0.25, -0.2) is 0 Å². The first-order chi connectivity index (χ1) is 6.72. The molecule has 0 aromatic carbocycles. The van der Waals surface area contributed by atoms with E-state index >= 15 is 0 Å². The number of ether oxygens (including phenoxy) is 1. The van der Waals surface area contributed by atoms with Gasteiger partial charge in [-0.05, 0) is 24.7 Å². The fourth-order valence-corrected chi connectivity index (χ4v) is 1.96. The average molecular weight is 198 g/mol. The van der Waals surface area contributed by atoms with Gasteiger partial charge in [0.25, 0.3) is 0 Å². The van der Waals surface area contributed by atoms with Gasteiger partial charge >= 0.3 is 0 Å². The summed E-state index contributed by atoms with van der Waals surface area (Å²) >= 11 is 0. The van der Waals surface area contributed by atoms with Crippen LogP contribution in [0.15, 0.2) is 0 Å². The van der Waals surface area contributed by atoms with Gasteiger partial charge in [-0.1, -0.05) is 26.7 Å². The van der Waals surface area contributed by atoms with E-state index in [2.05, 4.69) is 13.8 Å². The summed E-state index contributed by atoms with van der Waals surface area (Å²) in [6, 6.07) is 0. The largest absolute Gasteiger partial charge is 0.373 e. The zero-order valence-electron chi connectivity index (χ0n) is 9.58. The van der Waals surface area contributed by atoms with Gasteiger partial charge in [0.15, 0.2) is 5.78 Å². The summed E-state index contributed by atoms with van der Waals surface area (Å²) in [5.74, 6) is 1.41. The van der Waals surface area contributed by atoms with E-state index in [0.29, 0.717) is 24.0 Å². The third-order valence-corrected chi connectivity index (χ3v) is 3.27. The van der Waals surface area contributed by atoms with Crippen molar-refractivity contribution in [3.63, 3.8) is 0 Å². The van der Waals surface area contributed by atoms with Gasteiger partial charge in [-0.15, -0.1) is 0 Å². The normalized spacial score (nSPS) is 18.6. The molecule has 82 valence electrons. The van der Waals surface area contributed by atoms with Crippen molar-refractivity contribution in [2.24, 2.45) is 11.8 Å². The molecule has 0 aliphatic heterocycles. The number of rotatable bonds is 7. The van der Waals surface area contributed by atoms with Crippen molar-refractivity contribution in [3.05, 3.63) is 0 Å². The van der Waals surface area contributed by atoms with Crippen molar-refractivity contribution in [1.29, 1.82) is 0 Å². The molecule has 0 bridgehead atoms. The van der Waals surface area contributed by atoms with E-state index in [1.807, 2.05) is 0 Å². The average Bonchev–Trinajstić information content (AvgIpc) is 2.99. The highest BCUT2D eigenvalue weighted by atomic mass is 16.5. The Labute approximate surface area is 87.0 Å². The molecular formula is C12H22O2. The number of Topliss-reactive ketones (excluding diaryl/α,β-unsaturated/α-hetero) is 1. The molecular weight excluding hydrogens is 176 g/mol. The number of ketones is 1. The lowest BCUT2D eigenvalue weighted by molar-refractivity contribution is -0.131. The molecule has 0 spiro atoms. The molecule has 0 amide bonds. The van der Waals surface area contributed by atoms with Crippen LogP contribution in [0, 0.1) is 11.8 Å². The molecule has 1 fully saturated rings. The summed E-state index contributed by atoms with van der Waals surface area (Å²) in [5, 5.41) is 0. The smallest absolute Gasteiger partial charge is 0.162 e. The molecule has 0 aromatic rings. The topological polar surface area (TPSA) is 26.3 Å². The molecule has 2 nitrogen and oxygen atoms in total. The quantitative estimate of drug-likeness (QED) is 0.628. The minimum atomic E-state index is -0.101. The maximum absolute atomic E-state index is 11.9. The lowest BCUT2D eigenvalue weighted by Crippen LogP contribution is -2.27. The monoisotopic (exact) mass is 198 g/mol. The number of carbonyl (C=O) groups is 1. The van der Waals surface area contributed by atoms with E-state index in [0.717, 1.165) is 12.8 Å². The van der Waals surface area contributed by atoms with Crippen molar-refractivity contribution in [2.75, 3.05) is 7.11 Å². The second-order valence-corrected chi connectivity index (χ2v) is 4.35. The van der Waals surface area contributed by atoms with Gasteiger partial charge in [0.05, 0.1) is 0 Å². The summed E-state index contributed by atoms with van der Waals surface area (Å²) in [7, 11) is 1.66. The Bertz CT molecular complexity index is 181. The number of hydrogen-bond donors (Lipinski definition) is 0. The summed E-state index contributed by atoms with van der Waals surface area (Å²) in [6.07, 6.45) is 5.16. The SMILES string of the molecule is CCC(CC)CC(=O)C(OC)C1CC1. The van der Waals surface area contributed by atoms with Crippen LogP contribution < -0.4 is 0 Å². The van der Waals surface area contributed by atoms with Crippen LogP contribution in [0.4, 0.5) is 0 Å². The molecule has 1 saturated carbocycles. The Morgan fingerprint density at radius 1 is 1.36 bits per heavy atom. The van der Waals surface area contributed by atoms with E-state index in [9.17, 15) is 4.79 Å². The first-order valence-electron chi connectivity index (χ1n) is 5.78. The Kier molecular flexibility index (Phi) is 4.59. The third-order valence-electron chi connectivity index (χ3n) is 3.27. The molecule has 14 heavy (non-hydrogen) atoms. The van der Waals surface area contributed by atoms with Crippen molar-refractivity contribution in [3.8, 4) is 0 Å². The van der Waals surface area contributed by atoms with E-state index in [1.54, 1.807) is 7.11 Å². The number of hydrogen-bond acceptors (Lipinski definition) is 2. The first-order valence-corrected chi connectivity index (χ1v) is 5.78. The van der Waals surface area contributed by atoms with Crippen LogP contribution in [0.5, 0.6) is 0 Å². The highest BCUT2D eigenvalue weighted by molar-refractivity contribution is 5.83. The van der Waals surface area contributed by atoms with Crippen molar-refractivity contribution < 1.29 is 9.53 Å². The Hall–Kier alpha value is -0.370. The lowest BCUT2D eigenvalue weighted by atomic mass is 9.94. The molecule has 0 N–H and O–H groups in total. The predicted octanol–water partition coefficient (Wildman–Crippen LogP) is 2.81. The summed E-state index contributed by atoms with van der Waals surface area (Å²) in [4.78, 5) is 11.9. The fraction of sp³-hybridized carbons (Fsp3) is 0.917. The van der Waals surface area contributed by atoms with Crippen LogP contribution in [0.3, 0.4) is 0 Å². The molecule has 1 aliphatic carbocycles. The molecule has 0 aromatic heterocycles. The minimum absolute atomic E-state index is 0.101. The van der Waals surface area contributed by atoms with E-state index in [-0.39, 0.29) is 6.10 Å². The first kappa shape index (κ1) is 11.7. The van der Waals surface area contributed by atoms with Crippen LogP contribution in [-0.4, -0.2) is 19.0 Å². The minimum Gasteiger partial charge on any atom is -0.373 e. The number of methoxy groups -OCH3 is 1. The third kappa shape index (κ3) is 3.09. The van der Waals surface area contributed by atoms with Gasteiger partial charge in [0.2, 0.25) is 0 Å². The van der Waals surface area contributed by atoms with Crippen LogP contribution in [0.25, 0.3) is 0 Å². The van der Waals surface area contributed by atoms with E-state index in [4.69, 9.17) is 4.74 Å². The molecule has 0 saturated heterocycles. The number of carbonyl (C=O) groups excluding carboxylic acids is 1. The van der Waals surface area contributed by atoms with Crippen LogP contribution in [0.2, 0.25) is 0 Å². The van der Waals surface area contributed by atoms with Crippen molar-refractivity contribution in [2.45, 2.75) is 52.1 Å². The van der Waals surface area contributed by atoms with Crippen LogP contribution in [0.1, 0.15) is 46.0 Å². The van der Waals surface area contributed by atoms with Crippen molar-refractivity contribution in [1.82, 2.24) is 0 Å². The standard InChI is InChI=1S/C12H22O2/c1-4-9(5-2)8-11(13)12(14-3)10-6-7-10/h9-10,12H,4-8H2,1-3H3. The van der Waals surface area contributed by atoms with Crippen LogP contribution >= 0.6 is 0 Å². The zero-order valence-corrected chi connectivity index (χ0v) is 9.58. The molecule has 0 radical (unpaired) electrons. The van der Waals surface area contributed by atoms with Gasteiger partial charge in [-0.3, -0.25) is 4.79 Å². The second kappa shape index (κ2) is 5.50. The highest BCUT2D eigenvalue weighted by Crippen LogP contribution is 2.35. The molecule has 0 heterocycles. The molecule has 1 aliphatic rings. The lowest BCUT2D eigenvalue weighted by Gasteiger charge is -2.17. The Balaban J connectivity index is 2.37. The van der Waals surface area contributed by atoms with E-state index in [1.165, 1.54) is 12.8 Å². The fourth-order valence-electron chi connectivity index (χ4n) is 1.96. The zero-order chi connectivity index (χ0) is 10.6. The second-order valence-electron chi connectivity index (χ2n) is 4.35. The summed E-state index contributed by atoms with van der Waals surface area (Å²) in [5.41, 5.74) is 0. The molecule has 1 unspecified atom stereocenters. The highest BCUT2D eigenvalue weighted by Gasteiger charge is 2.36. The van der Waals surface area contributed by atoms with Crippen LogP contribution in [-0.2, 0) is 9.53 Å². The van der Waals surface area contributed by atoms with Gasteiger partial charge < -0.3 is 4.74 Å². The predicted molar refractivity (Wildman–Crippen MR) is 57.2 cm³/mol. The summed E-state index contributed by atoms with van der Waals surface area (Å²) < 4.78 is 5.28. The van der Waals surface area contributed by atoms with Gasteiger partial charge in [0.1, 0.15) is 6.10 Å². The summed E-state index contributed by atoms with van der Waals surface area (Å²) in [6.45, 7) is 4.31. The van der Waals surface area contributed by atoms with Gasteiger partial charge in [-0.2, -0.15) is 0 Å².